The first-order chi connectivity index (χ1) is 9.01. The van der Waals surface area contributed by atoms with Crippen molar-refractivity contribution in [3.05, 3.63) is 29.3 Å². The third kappa shape index (κ3) is 2.11. The van der Waals surface area contributed by atoms with Crippen molar-refractivity contribution in [3.8, 4) is 5.75 Å². The van der Waals surface area contributed by atoms with Gasteiger partial charge < -0.3 is 15.2 Å². The van der Waals surface area contributed by atoms with Crippen molar-refractivity contribution in [2.45, 2.75) is 43.4 Å². The van der Waals surface area contributed by atoms with Crippen LogP contribution in [-0.2, 0) is 5.60 Å². The molecule has 1 aromatic rings. The fourth-order valence-electron chi connectivity index (χ4n) is 3.46. The van der Waals surface area contributed by atoms with Crippen molar-refractivity contribution in [2.75, 3.05) is 7.11 Å². The molecule has 0 saturated carbocycles. The van der Waals surface area contributed by atoms with Gasteiger partial charge in [0.1, 0.15) is 5.82 Å². The third-order valence-electron chi connectivity index (χ3n) is 4.22. The maximum atomic E-state index is 13.8. The lowest BCUT2D eigenvalue weighted by Crippen LogP contribution is -2.46. The third-order valence-corrected chi connectivity index (χ3v) is 4.22. The highest BCUT2D eigenvalue weighted by Gasteiger charge is 2.45. The summed E-state index contributed by atoms with van der Waals surface area (Å²) in [6.45, 7) is 0. The number of methoxy groups -OCH3 is 1. The van der Waals surface area contributed by atoms with Gasteiger partial charge in [-0.3, -0.25) is 0 Å². The van der Waals surface area contributed by atoms with Crippen molar-refractivity contribution in [3.63, 3.8) is 0 Å². The first kappa shape index (κ1) is 12.8. The predicted molar refractivity (Wildman–Crippen MR) is 66.0 cm³/mol. The van der Waals surface area contributed by atoms with E-state index in [2.05, 4.69) is 5.32 Å². The maximum Gasteiger partial charge on any atom is 0.168 e. The van der Waals surface area contributed by atoms with E-state index in [1.165, 1.54) is 13.2 Å². The van der Waals surface area contributed by atoms with Crippen LogP contribution in [0.4, 0.5) is 8.78 Å². The van der Waals surface area contributed by atoms with E-state index >= 15 is 0 Å². The first-order valence-corrected chi connectivity index (χ1v) is 6.54. The van der Waals surface area contributed by atoms with Crippen molar-refractivity contribution in [2.24, 2.45) is 0 Å². The Balaban J connectivity index is 2.05. The molecule has 19 heavy (non-hydrogen) atoms. The Kier molecular flexibility index (Phi) is 2.98. The van der Waals surface area contributed by atoms with Gasteiger partial charge in [0.15, 0.2) is 11.6 Å². The lowest BCUT2D eigenvalue weighted by molar-refractivity contribution is -0.0139. The molecule has 0 amide bonds. The van der Waals surface area contributed by atoms with Crippen molar-refractivity contribution < 1.29 is 18.6 Å². The minimum absolute atomic E-state index is 0.0507. The van der Waals surface area contributed by atoms with Gasteiger partial charge in [0, 0.05) is 23.7 Å². The van der Waals surface area contributed by atoms with Crippen LogP contribution in [0.25, 0.3) is 0 Å². The second kappa shape index (κ2) is 4.42. The van der Waals surface area contributed by atoms with Crippen molar-refractivity contribution in [1.29, 1.82) is 0 Å². The summed E-state index contributed by atoms with van der Waals surface area (Å²) < 4.78 is 32.2. The molecular formula is C14H17F2NO2. The van der Waals surface area contributed by atoms with Gasteiger partial charge in [0.2, 0.25) is 0 Å². The molecule has 2 heterocycles. The quantitative estimate of drug-likeness (QED) is 0.863. The summed E-state index contributed by atoms with van der Waals surface area (Å²) in [5.41, 5.74) is -0.989. The number of hydrogen-bond acceptors (Lipinski definition) is 3. The SMILES string of the molecule is COc1c(F)cc(F)cc1C1(O)CC2CCC(C1)N2. The fraction of sp³-hybridized carbons (Fsp3) is 0.571. The largest absolute Gasteiger partial charge is 0.493 e. The fourth-order valence-corrected chi connectivity index (χ4v) is 3.46. The number of ether oxygens (including phenoxy) is 1. The number of rotatable bonds is 2. The Morgan fingerprint density at radius 1 is 1.26 bits per heavy atom. The molecule has 2 fully saturated rings. The zero-order chi connectivity index (χ0) is 13.6. The molecule has 2 N–H and O–H groups in total. The summed E-state index contributed by atoms with van der Waals surface area (Å²) in [5, 5.41) is 14.2. The Morgan fingerprint density at radius 2 is 1.89 bits per heavy atom. The van der Waals surface area contributed by atoms with Gasteiger partial charge in [0.25, 0.3) is 0 Å². The molecule has 2 saturated heterocycles. The molecule has 0 aliphatic carbocycles. The van der Waals surface area contributed by atoms with Crippen LogP contribution in [-0.4, -0.2) is 24.3 Å². The Bertz CT molecular complexity index is 494. The lowest BCUT2D eigenvalue weighted by Gasteiger charge is -2.38. The summed E-state index contributed by atoms with van der Waals surface area (Å²) in [4.78, 5) is 0. The van der Waals surface area contributed by atoms with Crippen LogP contribution in [0.15, 0.2) is 12.1 Å². The van der Waals surface area contributed by atoms with Crippen molar-refractivity contribution in [1.82, 2.24) is 5.32 Å². The molecule has 0 aromatic heterocycles. The molecule has 3 nitrogen and oxygen atoms in total. The molecular weight excluding hydrogens is 252 g/mol. The zero-order valence-electron chi connectivity index (χ0n) is 10.7. The second-order valence-corrected chi connectivity index (χ2v) is 5.55. The van der Waals surface area contributed by atoms with Crippen LogP contribution < -0.4 is 10.1 Å². The van der Waals surface area contributed by atoms with Crippen LogP contribution in [0.2, 0.25) is 0 Å². The van der Waals surface area contributed by atoms with E-state index in [9.17, 15) is 13.9 Å². The van der Waals surface area contributed by atoms with E-state index < -0.39 is 17.2 Å². The van der Waals surface area contributed by atoms with Crippen LogP contribution in [0.5, 0.6) is 5.75 Å². The molecule has 0 spiro atoms. The predicted octanol–water partition coefficient (Wildman–Crippen LogP) is 2.08. The van der Waals surface area contributed by atoms with E-state index in [0.717, 1.165) is 18.9 Å². The Labute approximate surface area is 110 Å². The average Bonchev–Trinajstić information content (AvgIpc) is 2.68. The number of nitrogens with one attached hydrogen (secondary N) is 1. The van der Waals surface area contributed by atoms with E-state index in [1.807, 2.05) is 0 Å². The Hall–Kier alpha value is -1.20. The van der Waals surface area contributed by atoms with Crippen molar-refractivity contribution >= 4 is 0 Å². The molecule has 3 rings (SSSR count). The van der Waals surface area contributed by atoms with Gasteiger partial charge >= 0.3 is 0 Å². The van der Waals surface area contributed by atoms with E-state index in [0.29, 0.717) is 12.8 Å². The highest BCUT2D eigenvalue weighted by Crippen LogP contribution is 2.44. The van der Waals surface area contributed by atoms with E-state index in [4.69, 9.17) is 4.74 Å². The maximum absolute atomic E-state index is 13.8. The molecule has 2 atom stereocenters. The summed E-state index contributed by atoms with van der Waals surface area (Å²) in [6.07, 6.45) is 2.91. The molecule has 2 aliphatic heterocycles. The van der Waals surface area contributed by atoms with Crippen LogP contribution in [0, 0.1) is 11.6 Å². The standard InChI is InChI=1S/C14H17F2NO2/c1-19-13-11(4-8(15)5-12(13)16)14(18)6-9-2-3-10(7-14)17-9/h4-5,9-10,17-18H,2-3,6-7H2,1H3. The number of hydrogen-bond donors (Lipinski definition) is 2. The van der Waals surface area contributed by atoms with Gasteiger partial charge in [-0.25, -0.2) is 8.78 Å². The summed E-state index contributed by atoms with van der Waals surface area (Å²) in [5.74, 6) is -1.50. The summed E-state index contributed by atoms with van der Waals surface area (Å²) in [6, 6.07) is 2.38. The number of benzene rings is 1. The molecule has 2 unspecified atom stereocenters. The number of halogens is 2. The van der Waals surface area contributed by atoms with Crippen LogP contribution in [0.3, 0.4) is 0 Å². The highest BCUT2D eigenvalue weighted by atomic mass is 19.1. The first-order valence-electron chi connectivity index (χ1n) is 6.54. The van der Waals surface area contributed by atoms with Gasteiger partial charge in [-0.15, -0.1) is 0 Å². The number of fused-ring (bicyclic) bond motifs is 2. The summed E-state index contributed by atoms with van der Waals surface area (Å²) >= 11 is 0. The smallest absolute Gasteiger partial charge is 0.168 e. The van der Waals surface area contributed by atoms with Gasteiger partial charge in [0.05, 0.1) is 12.7 Å². The molecule has 0 radical (unpaired) electrons. The highest BCUT2D eigenvalue weighted by molar-refractivity contribution is 5.41. The molecule has 2 bridgehead atoms. The second-order valence-electron chi connectivity index (χ2n) is 5.55. The average molecular weight is 269 g/mol. The van der Waals surface area contributed by atoms with E-state index in [-0.39, 0.29) is 23.4 Å². The monoisotopic (exact) mass is 269 g/mol. The Morgan fingerprint density at radius 3 is 2.47 bits per heavy atom. The topological polar surface area (TPSA) is 41.5 Å². The van der Waals surface area contributed by atoms with Crippen LogP contribution >= 0.6 is 0 Å². The molecule has 2 aliphatic rings. The normalized spacial score (nSPS) is 33.5. The molecule has 1 aromatic carbocycles. The van der Waals surface area contributed by atoms with Crippen LogP contribution in [0.1, 0.15) is 31.2 Å². The molecule has 104 valence electrons. The van der Waals surface area contributed by atoms with E-state index in [1.54, 1.807) is 0 Å². The number of aliphatic hydroxyl groups is 1. The van der Waals surface area contributed by atoms with Gasteiger partial charge in [-0.2, -0.15) is 0 Å². The molecule has 5 heteroatoms. The van der Waals surface area contributed by atoms with Gasteiger partial charge in [-0.05, 0) is 31.7 Å². The van der Waals surface area contributed by atoms with Gasteiger partial charge in [-0.1, -0.05) is 0 Å². The minimum Gasteiger partial charge on any atom is -0.493 e. The zero-order valence-corrected chi connectivity index (χ0v) is 10.7. The lowest BCUT2D eigenvalue weighted by atomic mass is 9.81. The number of piperidine rings is 1. The summed E-state index contributed by atoms with van der Waals surface area (Å²) in [7, 11) is 1.33. The minimum atomic E-state index is -1.22.